The summed E-state index contributed by atoms with van der Waals surface area (Å²) in [5, 5.41) is 0. The van der Waals surface area contributed by atoms with Crippen LogP contribution in [0.2, 0.25) is 0 Å². The van der Waals surface area contributed by atoms with Gasteiger partial charge in [-0.05, 0) is 37.1 Å². The Bertz CT molecular complexity index is 627. The minimum absolute atomic E-state index is 1.28. The maximum atomic E-state index is 3.67. The molecule has 0 nitrogen and oxygen atoms in total. The molecule has 0 aliphatic rings. The van der Waals surface area contributed by atoms with Gasteiger partial charge in [-0.15, -0.1) is 11.3 Å². The summed E-state index contributed by atoms with van der Waals surface area (Å²) in [6, 6.07) is 13.0. The molecule has 0 amide bonds. The molecule has 1 aromatic heterocycles. The van der Waals surface area contributed by atoms with Gasteiger partial charge in [-0.2, -0.15) is 0 Å². The molecule has 0 fully saturated rings. The van der Waals surface area contributed by atoms with Gasteiger partial charge in [0.05, 0.1) is 0 Å². The molecule has 0 aliphatic carbocycles. The van der Waals surface area contributed by atoms with Crippen LogP contribution >= 0.6 is 11.3 Å². The smallest absolute Gasteiger partial charge is 0.0349 e. The molecule has 0 atom stereocenters. The second kappa shape index (κ2) is 6.35. The number of hydrogen-bond acceptors (Lipinski definition) is 1. The second-order valence-electron chi connectivity index (χ2n) is 4.50. The lowest BCUT2D eigenvalue weighted by atomic mass is 10.1. The highest BCUT2D eigenvalue weighted by molar-refractivity contribution is 7.16. The maximum absolute atomic E-state index is 3.67. The highest BCUT2D eigenvalue weighted by atomic mass is 32.1. The summed E-state index contributed by atoms with van der Waals surface area (Å²) in [6.45, 7) is 7.94. The molecule has 0 N–H and O–H groups in total. The first kappa shape index (κ1) is 13.6. The van der Waals surface area contributed by atoms with Crippen LogP contribution in [0.5, 0.6) is 0 Å². The minimum Gasteiger partial charge on any atom is -0.136 e. The topological polar surface area (TPSA) is 0 Å². The zero-order valence-electron chi connectivity index (χ0n) is 11.4. The van der Waals surface area contributed by atoms with Gasteiger partial charge in [-0.25, -0.2) is 0 Å². The number of hydrogen-bond donors (Lipinski definition) is 0. The first-order chi connectivity index (χ1) is 9.20. The van der Waals surface area contributed by atoms with Crippen LogP contribution < -0.4 is 0 Å². The van der Waals surface area contributed by atoms with E-state index >= 15 is 0 Å². The van der Waals surface area contributed by atoms with E-state index in [4.69, 9.17) is 0 Å². The molecule has 1 heterocycles. The molecular formula is C18H18S. The Balaban J connectivity index is 2.26. The summed E-state index contributed by atoms with van der Waals surface area (Å²) in [4.78, 5) is 2.63. The van der Waals surface area contributed by atoms with Crippen LogP contribution in [-0.4, -0.2) is 0 Å². The van der Waals surface area contributed by atoms with Gasteiger partial charge in [0.15, 0.2) is 0 Å². The highest BCUT2D eigenvalue weighted by Gasteiger charge is 2.03. The molecule has 0 bridgehead atoms. The SMILES string of the molecule is C=C/C=C\C=C(/C)c1ccc(-c2cccc(C)c2)s1. The van der Waals surface area contributed by atoms with Crippen LogP contribution in [0.15, 0.2) is 67.3 Å². The van der Waals surface area contributed by atoms with Crippen molar-refractivity contribution in [1.82, 2.24) is 0 Å². The Morgan fingerprint density at radius 1 is 1.16 bits per heavy atom. The number of benzene rings is 1. The summed E-state index contributed by atoms with van der Waals surface area (Å²) in [5.41, 5.74) is 3.88. The van der Waals surface area contributed by atoms with Gasteiger partial charge in [-0.3, -0.25) is 0 Å². The number of rotatable bonds is 4. The van der Waals surface area contributed by atoms with E-state index in [-0.39, 0.29) is 0 Å². The van der Waals surface area contributed by atoms with Crippen LogP contribution in [0.1, 0.15) is 17.4 Å². The predicted molar refractivity (Wildman–Crippen MR) is 87.5 cm³/mol. The van der Waals surface area contributed by atoms with Crippen molar-refractivity contribution in [3.05, 3.63) is 77.7 Å². The van der Waals surface area contributed by atoms with Gasteiger partial charge >= 0.3 is 0 Å². The lowest BCUT2D eigenvalue weighted by Crippen LogP contribution is -1.74. The first-order valence-corrected chi connectivity index (χ1v) is 7.15. The van der Waals surface area contributed by atoms with E-state index in [0.29, 0.717) is 0 Å². The zero-order chi connectivity index (χ0) is 13.7. The van der Waals surface area contributed by atoms with Crippen molar-refractivity contribution in [3.8, 4) is 10.4 Å². The van der Waals surface area contributed by atoms with Gasteiger partial charge in [0.1, 0.15) is 0 Å². The molecule has 2 aromatic rings. The monoisotopic (exact) mass is 266 g/mol. The second-order valence-corrected chi connectivity index (χ2v) is 5.59. The summed E-state index contributed by atoms with van der Waals surface area (Å²) >= 11 is 1.83. The lowest BCUT2D eigenvalue weighted by molar-refractivity contribution is 1.48. The van der Waals surface area contributed by atoms with Crippen LogP contribution in [0, 0.1) is 6.92 Å². The standard InChI is InChI=1S/C18H18S/c1-4-5-6-9-15(3)17-11-12-18(19-17)16-10-7-8-14(2)13-16/h4-13H,1H2,2-3H3/b6-5-,15-9+. The molecule has 0 unspecified atom stereocenters. The summed E-state index contributed by atoms with van der Waals surface area (Å²) < 4.78 is 0. The van der Waals surface area contributed by atoms with Crippen molar-refractivity contribution < 1.29 is 0 Å². The summed E-state index contributed by atoms with van der Waals surface area (Å²) in [5.74, 6) is 0. The van der Waals surface area contributed by atoms with Crippen molar-refractivity contribution in [2.45, 2.75) is 13.8 Å². The summed E-state index contributed by atoms with van der Waals surface area (Å²) in [6.07, 6.45) is 7.87. The van der Waals surface area contributed by atoms with E-state index in [0.717, 1.165) is 0 Å². The Morgan fingerprint density at radius 2 is 2.00 bits per heavy atom. The molecule has 19 heavy (non-hydrogen) atoms. The van der Waals surface area contributed by atoms with Crippen molar-refractivity contribution in [3.63, 3.8) is 0 Å². The fraction of sp³-hybridized carbons (Fsp3) is 0.111. The summed E-state index contributed by atoms with van der Waals surface area (Å²) in [7, 11) is 0. The molecule has 1 heteroatoms. The molecule has 96 valence electrons. The quantitative estimate of drug-likeness (QED) is 0.607. The molecule has 0 radical (unpaired) electrons. The molecule has 0 saturated carbocycles. The van der Waals surface area contributed by atoms with E-state index in [9.17, 15) is 0 Å². The van der Waals surface area contributed by atoms with Gasteiger partial charge in [-0.1, -0.05) is 60.7 Å². The Kier molecular flexibility index (Phi) is 4.53. The average molecular weight is 266 g/mol. The third kappa shape index (κ3) is 3.55. The van der Waals surface area contributed by atoms with Crippen molar-refractivity contribution >= 4 is 16.9 Å². The average Bonchev–Trinajstić information content (AvgIpc) is 2.88. The molecule has 0 spiro atoms. The fourth-order valence-corrected chi connectivity index (χ4v) is 2.85. The van der Waals surface area contributed by atoms with Crippen LogP contribution in [0.25, 0.3) is 16.0 Å². The third-order valence-electron chi connectivity index (χ3n) is 2.89. The number of thiophene rings is 1. The molecule has 1 aromatic carbocycles. The van der Waals surface area contributed by atoms with E-state index in [2.05, 4.69) is 62.9 Å². The maximum Gasteiger partial charge on any atom is 0.0349 e. The number of aryl methyl sites for hydroxylation is 1. The van der Waals surface area contributed by atoms with E-state index in [1.165, 1.54) is 26.5 Å². The van der Waals surface area contributed by atoms with E-state index in [1.54, 1.807) is 6.08 Å². The van der Waals surface area contributed by atoms with Gasteiger partial charge in [0.25, 0.3) is 0 Å². The first-order valence-electron chi connectivity index (χ1n) is 6.34. The van der Waals surface area contributed by atoms with Gasteiger partial charge < -0.3 is 0 Å². The molecule has 0 aliphatic heterocycles. The lowest BCUT2D eigenvalue weighted by Gasteiger charge is -1.99. The molecular weight excluding hydrogens is 248 g/mol. The molecule has 0 saturated heterocycles. The van der Waals surface area contributed by atoms with Crippen LogP contribution in [-0.2, 0) is 0 Å². The van der Waals surface area contributed by atoms with Crippen LogP contribution in [0.4, 0.5) is 0 Å². The van der Waals surface area contributed by atoms with Crippen molar-refractivity contribution in [2.75, 3.05) is 0 Å². The largest absolute Gasteiger partial charge is 0.136 e. The Hall–Kier alpha value is -1.86. The fourth-order valence-electron chi connectivity index (χ4n) is 1.86. The van der Waals surface area contributed by atoms with E-state index < -0.39 is 0 Å². The normalized spacial score (nSPS) is 12.0. The molecule has 2 rings (SSSR count). The van der Waals surface area contributed by atoms with Gasteiger partial charge in [0, 0.05) is 9.75 Å². The van der Waals surface area contributed by atoms with Crippen LogP contribution in [0.3, 0.4) is 0 Å². The zero-order valence-corrected chi connectivity index (χ0v) is 12.2. The third-order valence-corrected chi connectivity index (χ3v) is 4.16. The highest BCUT2D eigenvalue weighted by Crippen LogP contribution is 2.32. The Morgan fingerprint density at radius 3 is 2.74 bits per heavy atom. The van der Waals surface area contributed by atoms with Crippen molar-refractivity contribution in [2.24, 2.45) is 0 Å². The number of allylic oxidation sites excluding steroid dienone is 5. The van der Waals surface area contributed by atoms with Gasteiger partial charge in [0.2, 0.25) is 0 Å². The minimum atomic E-state index is 1.28. The Labute approximate surface area is 119 Å². The predicted octanol–water partition coefficient (Wildman–Crippen LogP) is 5.87. The van der Waals surface area contributed by atoms with E-state index in [1.807, 2.05) is 23.5 Å². The van der Waals surface area contributed by atoms with Crippen molar-refractivity contribution in [1.29, 1.82) is 0 Å².